The number of benzene rings is 1. The van der Waals surface area contributed by atoms with E-state index in [-0.39, 0.29) is 37.8 Å². The van der Waals surface area contributed by atoms with Crippen LogP contribution in [-0.2, 0) is 25.7 Å². The molecule has 1 amide bonds. The molecule has 0 aliphatic carbocycles. The lowest BCUT2D eigenvalue weighted by atomic mass is 10.2. The van der Waals surface area contributed by atoms with Crippen LogP contribution >= 0.6 is 0 Å². The number of rotatable bonds is 7. The van der Waals surface area contributed by atoms with Gasteiger partial charge in [0.05, 0.1) is 19.3 Å². The van der Waals surface area contributed by atoms with Gasteiger partial charge in [0.2, 0.25) is 0 Å². The molecule has 0 bridgehead atoms. The zero-order valence-corrected chi connectivity index (χ0v) is 15.4. The number of nitrogens with two attached hydrogens (primary N) is 1. The predicted molar refractivity (Wildman–Crippen MR) is 98.0 cm³/mol. The molecule has 1 aromatic rings. The highest BCUT2D eigenvalue weighted by Gasteiger charge is 2.29. The Morgan fingerprint density at radius 2 is 1.96 bits per heavy atom. The second kappa shape index (κ2) is 10.4. The number of piperazine rings is 1. The standard InChI is InChI=1S/C19H25N3O5/c1-2-26-19(25)21-10-11-22(16(12-21)13-23)17(20)8-9-18(24)27-14-15-6-4-3-5-7-15/h3-7,17H,2,8-12,14,20H2,1H3. The number of esters is 1. The first-order valence-corrected chi connectivity index (χ1v) is 8.92. The van der Waals surface area contributed by atoms with Gasteiger partial charge < -0.3 is 20.1 Å². The molecule has 2 N–H and O–H groups in total. The van der Waals surface area contributed by atoms with Gasteiger partial charge >= 0.3 is 12.1 Å². The summed E-state index contributed by atoms with van der Waals surface area (Å²) in [5.74, 6) is 1.49. The van der Waals surface area contributed by atoms with Crippen LogP contribution in [0.25, 0.3) is 0 Å². The Hall–Kier alpha value is -2.83. The topological polar surface area (TPSA) is 102 Å². The van der Waals surface area contributed by atoms with Crippen molar-refractivity contribution in [3.8, 4) is 0 Å². The van der Waals surface area contributed by atoms with E-state index in [4.69, 9.17) is 15.2 Å². The van der Waals surface area contributed by atoms with Gasteiger partial charge in [-0.3, -0.25) is 9.69 Å². The van der Waals surface area contributed by atoms with E-state index >= 15 is 0 Å². The van der Waals surface area contributed by atoms with Crippen LogP contribution in [0.15, 0.2) is 36.0 Å². The summed E-state index contributed by atoms with van der Waals surface area (Å²) < 4.78 is 10.2. The summed E-state index contributed by atoms with van der Waals surface area (Å²) in [6, 6.07) is 9.40. The molecule has 1 aliphatic heterocycles. The zero-order chi connectivity index (χ0) is 19.6. The van der Waals surface area contributed by atoms with E-state index < -0.39 is 12.3 Å². The summed E-state index contributed by atoms with van der Waals surface area (Å²) in [5.41, 5.74) is 7.32. The van der Waals surface area contributed by atoms with E-state index in [1.165, 1.54) is 4.90 Å². The smallest absolute Gasteiger partial charge is 0.410 e. The maximum absolute atomic E-state index is 11.9. The molecular formula is C19H25N3O5. The molecule has 1 aliphatic rings. The lowest BCUT2D eigenvalue weighted by Gasteiger charge is -2.38. The number of nitrogens with zero attached hydrogens (tertiary/aromatic N) is 2. The molecule has 0 spiro atoms. The Labute approximate surface area is 158 Å². The molecule has 0 aromatic heterocycles. The van der Waals surface area contributed by atoms with Crippen molar-refractivity contribution in [1.82, 2.24) is 9.80 Å². The van der Waals surface area contributed by atoms with Gasteiger partial charge in [-0.25, -0.2) is 9.59 Å². The molecular weight excluding hydrogens is 350 g/mol. The molecule has 27 heavy (non-hydrogen) atoms. The van der Waals surface area contributed by atoms with Crippen LogP contribution in [0, 0.1) is 0 Å². The Kier molecular flexibility index (Phi) is 7.85. The molecule has 1 aromatic carbocycles. The molecule has 8 nitrogen and oxygen atoms in total. The Morgan fingerprint density at radius 3 is 2.63 bits per heavy atom. The number of carbonyl (C=O) groups excluding carboxylic acids is 3. The second-order valence-electron chi connectivity index (χ2n) is 6.11. The third kappa shape index (κ3) is 6.13. The Balaban J connectivity index is 1.79. The van der Waals surface area contributed by atoms with Crippen molar-refractivity contribution < 1.29 is 23.9 Å². The van der Waals surface area contributed by atoms with Gasteiger partial charge in [0.25, 0.3) is 0 Å². The number of amides is 1. The number of hydrogen-bond donors (Lipinski definition) is 1. The highest BCUT2D eigenvalue weighted by molar-refractivity contribution is 5.70. The lowest BCUT2D eigenvalue weighted by Crippen LogP contribution is -2.53. The number of hydrogen-bond acceptors (Lipinski definition) is 7. The normalized spacial score (nSPS) is 15.1. The van der Waals surface area contributed by atoms with Crippen molar-refractivity contribution in [1.29, 1.82) is 0 Å². The molecule has 8 heteroatoms. The maximum Gasteiger partial charge on any atom is 0.410 e. The van der Waals surface area contributed by atoms with Crippen LogP contribution in [0.3, 0.4) is 0 Å². The first-order chi connectivity index (χ1) is 13.0. The molecule has 1 fully saturated rings. The summed E-state index contributed by atoms with van der Waals surface area (Å²) in [5, 5.41) is 0. The van der Waals surface area contributed by atoms with Crippen molar-refractivity contribution >= 4 is 18.0 Å². The van der Waals surface area contributed by atoms with Crippen LogP contribution in [0.4, 0.5) is 4.79 Å². The van der Waals surface area contributed by atoms with Gasteiger partial charge in [-0.05, 0) is 18.9 Å². The van der Waals surface area contributed by atoms with Crippen LogP contribution in [0.5, 0.6) is 0 Å². The van der Waals surface area contributed by atoms with E-state index in [9.17, 15) is 14.4 Å². The summed E-state index contributed by atoms with van der Waals surface area (Å²) in [6.45, 7) is 3.06. The minimum Gasteiger partial charge on any atom is -0.461 e. The predicted octanol–water partition coefficient (Wildman–Crippen LogP) is 1.28. The van der Waals surface area contributed by atoms with Crippen molar-refractivity contribution in [3.05, 3.63) is 41.6 Å². The summed E-state index contributed by atoms with van der Waals surface area (Å²) in [4.78, 5) is 38.1. The van der Waals surface area contributed by atoms with Gasteiger partial charge in [0, 0.05) is 19.5 Å². The van der Waals surface area contributed by atoms with Gasteiger partial charge in [0.1, 0.15) is 18.2 Å². The van der Waals surface area contributed by atoms with E-state index in [0.29, 0.717) is 19.5 Å². The van der Waals surface area contributed by atoms with Gasteiger partial charge in [-0.15, -0.1) is 0 Å². The van der Waals surface area contributed by atoms with Crippen LogP contribution < -0.4 is 5.73 Å². The number of ether oxygens (including phenoxy) is 2. The fourth-order valence-corrected chi connectivity index (χ4v) is 2.77. The van der Waals surface area contributed by atoms with E-state index in [1.807, 2.05) is 36.3 Å². The molecule has 1 heterocycles. The van der Waals surface area contributed by atoms with Gasteiger partial charge in [-0.1, -0.05) is 30.3 Å². The van der Waals surface area contributed by atoms with E-state index in [0.717, 1.165) is 5.56 Å². The lowest BCUT2D eigenvalue weighted by molar-refractivity contribution is -0.145. The minimum absolute atomic E-state index is 0.0918. The van der Waals surface area contributed by atoms with Crippen molar-refractivity contribution in [2.24, 2.45) is 5.73 Å². The molecule has 1 saturated heterocycles. The highest BCUT2D eigenvalue weighted by atomic mass is 16.6. The monoisotopic (exact) mass is 375 g/mol. The first-order valence-electron chi connectivity index (χ1n) is 8.92. The SMILES string of the molecule is CCOC(=O)N1CCN(C(N)CCC(=O)OCc2ccccc2)C(=C=O)C1. The molecule has 2 rings (SSSR count). The minimum atomic E-state index is -0.532. The fraction of sp³-hybridized carbons (Fsp3) is 0.474. The second-order valence-corrected chi connectivity index (χ2v) is 6.11. The molecule has 1 atom stereocenters. The van der Waals surface area contributed by atoms with Gasteiger partial charge in [-0.2, -0.15) is 0 Å². The Bertz CT molecular complexity index is 688. The average Bonchev–Trinajstić information content (AvgIpc) is 2.70. The Morgan fingerprint density at radius 1 is 1.22 bits per heavy atom. The molecule has 0 radical (unpaired) electrons. The highest BCUT2D eigenvalue weighted by Crippen LogP contribution is 2.16. The third-order valence-corrected chi connectivity index (χ3v) is 4.23. The van der Waals surface area contributed by atoms with Crippen molar-refractivity contribution in [2.45, 2.75) is 32.5 Å². The van der Waals surface area contributed by atoms with Gasteiger partial charge in [0.15, 0.2) is 0 Å². The van der Waals surface area contributed by atoms with Crippen molar-refractivity contribution in [2.75, 3.05) is 26.2 Å². The van der Waals surface area contributed by atoms with E-state index in [2.05, 4.69) is 0 Å². The summed E-state index contributed by atoms with van der Waals surface area (Å²) >= 11 is 0. The molecule has 0 saturated carbocycles. The quantitative estimate of drug-likeness (QED) is 0.566. The maximum atomic E-state index is 11.9. The zero-order valence-electron chi connectivity index (χ0n) is 15.4. The van der Waals surface area contributed by atoms with Crippen LogP contribution in [0.2, 0.25) is 0 Å². The first kappa shape index (κ1) is 20.5. The summed E-state index contributed by atoms with van der Waals surface area (Å²) in [7, 11) is 0. The molecule has 1 unspecified atom stereocenters. The largest absolute Gasteiger partial charge is 0.461 e. The van der Waals surface area contributed by atoms with Crippen LogP contribution in [-0.4, -0.2) is 60.2 Å². The van der Waals surface area contributed by atoms with E-state index in [1.54, 1.807) is 11.8 Å². The third-order valence-electron chi connectivity index (χ3n) is 4.23. The van der Waals surface area contributed by atoms with Crippen LogP contribution in [0.1, 0.15) is 25.3 Å². The average molecular weight is 375 g/mol. The number of carbonyl (C=O) groups is 2. The summed E-state index contributed by atoms with van der Waals surface area (Å²) in [6.07, 6.45) is -0.533. The fourth-order valence-electron chi connectivity index (χ4n) is 2.77. The molecule has 146 valence electrons. The van der Waals surface area contributed by atoms with Crippen molar-refractivity contribution in [3.63, 3.8) is 0 Å².